The Balaban J connectivity index is 1.13. The van der Waals surface area contributed by atoms with E-state index < -0.39 is 0 Å². The number of ether oxygens (including phenoxy) is 3. The van der Waals surface area contributed by atoms with Crippen LogP contribution in [0.25, 0.3) is 0 Å². The Morgan fingerprint density at radius 1 is 0.348 bits per heavy atom. The van der Waals surface area contributed by atoms with Gasteiger partial charge in [0.2, 0.25) is 0 Å². The van der Waals surface area contributed by atoms with Crippen molar-refractivity contribution in [2.24, 2.45) is 0 Å². The lowest BCUT2D eigenvalue weighted by molar-refractivity contribution is -0.202. The van der Waals surface area contributed by atoms with Gasteiger partial charge in [0.25, 0.3) is 0 Å². The second-order valence-corrected chi connectivity index (χ2v) is 12.5. The molecule has 0 aliphatic carbocycles. The first-order chi connectivity index (χ1) is 22.7. The van der Waals surface area contributed by atoms with E-state index in [4.69, 9.17) is 14.2 Å². The molecule has 0 fully saturated rings. The Morgan fingerprint density at radius 3 is 0.957 bits per heavy atom. The molecule has 0 N–H and O–H groups in total. The molecule has 224 valence electrons. The highest BCUT2D eigenvalue weighted by Gasteiger charge is 2.51. The minimum atomic E-state index is -0.354. The molecule has 3 aliphatic rings. The minimum Gasteiger partial charge on any atom is -0.470 e. The molecule has 0 saturated carbocycles. The molecule has 0 bridgehead atoms. The third-order valence-electron chi connectivity index (χ3n) is 9.30. The molecule has 4 heteroatoms. The van der Waals surface area contributed by atoms with E-state index in [1.807, 2.05) is 0 Å². The Labute approximate surface area is 269 Å². The third-order valence-corrected chi connectivity index (χ3v) is 9.30. The van der Waals surface area contributed by atoms with Crippen molar-refractivity contribution in [3.8, 4) is 17.2 Å². The fourth-order valence-corrected chi connectivity index (χ4v) is 7.10. The van der Waals surface area contributed by atoms with Gasteiger partial charge in [-0.05, 0) is 89.0 Å². The van der Waals surface area contributed by atoms with Gasteiger partial charge in [0, 0.05) is 0 Å². The second kappa shape index (κ2) is 11.2. The summed E-state index contributed by atoms with van der Waals surface area (Å²) in [4.78, 5) is 2.28. The highest BCUT2D eigenvalue weighted by molar-refractivity contribution is 5.51. The summed E-state index contributed by atoms with van der Waals surface area (Å²) in [7, 11) is 0. The molecule has 0 radical (unpaired) electrons. The summed E-state index contributed by atoms with van der Waals surface area (Å²) in [5.74, 6) is 2.56. The van der Waals surface area contributed by atoms with Crippen LogP contribution in [0.15, 0.2) is 146 Å². The van der Waals surface area contributed by atoms with E-state index in [0.29, 0.717) is 0 Å². The molecule has 0 unspecified atom stereocenters. The predicted molar refractivity (Wildman–Crippen MR) is 179 cm³/mol. The molecule has 3 atom stereocenters. The van der Waals surface area contributed by atoms with Crippen LogP contribution in [-0.4, -0.2) is 4.90 Å². The Hall–Kier alpha value is -5.32. The van der Waals surface area contributed by atoms with Crippen LogP contribution in [0.5, 0.6) is 17.2 Å². The van der Waals surface area contributed by atoms with Gasteiger partial charge in [-0.1, -0.05) is 109 Å². The van der Waals surface area contributed by atoms with Gasteiger partial charge in [0.05, 0.1) is 16.7 Å². The quantitative estimate of drug-likeness (QED) is 0.191. The molecular weight excluding hydrogens is 566 g/mol. The van der Waals surface area contributed by atoms with Crippen LogP contribution in [-0.2, 0) is 19.3 Å². The Bertz CT molecular complexity index is 1790. The van der Waals surface area contributed by atoms with Crippen LogP contribution < -0.4 is 14.2 Å². The largest absolute Gasteiger partial charge is 0.470 e. The van der Waals surface area contributed by atoms with E-state index in [2.05, 4.69) is 150 Å². The van der Waals surface area contributed by atoms with Crippen LogP contribution in [0.1, 0.15) is 68.8 Å². The molecule has 3 heterocycles. The summed E-state index contributed by atoms with van der Waals surface area (Å²) in [6.07, 6.45) is 1.47. The van der Waals surface area contributed by atoms with E-state index in [1.54, 1.807) is 0 Å². The van der Waals surface area contributed by atoms with Crippen molar-refractivity contribution in [1.82, 2.24) is 4.90 Å². The Morgan fingerprint density at radius 2 is 0.652 bits per heavy atom. The lowest BCUT2D eigenvalue weighted by Gasteiger charge is -2.51. The molecule has 4 nitrogen and oxygen atoms in total. The van der Waals surface area contributed by atoms with Gasteiger partial charge in [-0.15, -0.1) is 0 Å². The fourth-order valence-electron chi connectivity index (χ4n) is 7.10. The van der Waals surface area contributed by atoms with E-state index >= 15 is 0 Å². The van der Waals surface area contributed by atoms with Crippen molar-refractivity contribution >= 4 is 0 Å². The minimum absolute atomic E-state index is 0.354. The maximum atomic E-state index is 6.92. The lowest BCUT2D eigenvalue weighted by Crippen LogP contribution is -2.50. The van der Waals surface area contributed by atoms with Crippen LogP contribution in [0.3, 0.4) is 0 Å². The molecule has 6 aromatic carbocycles. The van der Waals surface area contributed by atoms with Crippen LogP contribution in [0, 0.1) is 0 Å². The first kappa shape index (κ1) is 27.0. The number of rotatable bonds is 6. The summed E-state index contributed by atoms with van der Waals surface area (Å²) in [5, 5.41) is 0. The third kappa shape index (κ3) is 4.92. The molecule has 6 aromatic rings. The number of fused-ring (bicyclic) bond motifs is 6. The molecule has 0 amide bonds. The van der Waals surface area contributed by atoms with Crippen LogP contribution >= 0.6 is 0 Å². The van der Waals surface area contributed by atoms with Crippen molar-refractivity contribution in [3.63, 3.8) is 0 Å². The van der Waals surface area contributed by atoms with Crippen molar-refractivity contribution < 1.29 is 14.2 Å². The normalized spacial score (nSPS) is 18.9. The monoisotopic (exact) mass is 599 g/mol. The van der Waals surface area contributed by atoms with Gasteiger partial charge in [-0.3, -0.25) is 0 Å². The average molecular weight is 600 g/mol. The van der Waals surface area contributed by atoms with Crippen molar-refractivity contribution in [3.05, 3.63) is 196 Å². The average Bonchev–Trinajstić information content (AvgIpc) is 3.10. The van der Waals surface area contributed by atoms with Crippen LogP contribution in [0.4, 0.5) is 0 Å². The fraction of sp³-hybridized carbons (Fsp3) is 0.143. The van der Waals surface area contributed by atoms with Gasteiger partial charge in [-0.2, -0.15) is 4.90 Å². The Kier molecular flexibility index (Phi) is 6.60. The molecule has 0 aromatic heterocycles. The second-order valence-electron chi connectivity index (χ2n) is 12.5. The van der Waals surface area contributed by atoms with Crippen molar-refractivity contribution in [2.75, 3.05) is 0 Å². The van der Waals surface area contributed by atoms with Crippen molar-refractivity contribution in [2.45, 2.75) is 37.9 Å². The zero-order valence-corrected chi connectivity index (χ0v) is 25.4. The van der Waals surface area contributed by atoms with Gasteiger partial charge < -0.3 is 14.2 Å². The predicted octanol–water partition coefficient (Wildman–Crippen LogP) is 9.33. The van der Waals surface area contributed by atoms with Gasteiger partial charge in [0.1, 0.15) is 17.2 Å². The molecule has 0 saturated heterocycles. The molecule has 0 spiro atoms. The summed E-state index contributed by atoms with van der Waals surface area (Å²) < 4.78 is 20.7. The van der Waals surface area contributed by atoms with Crippen molar-refractivity contribution in [1.29, 1.82) is 0 Å². The highest BCUT2D eigenvalue weighted by Crippen LogP contribution is 2.56. The number of hydrogen-bond donors (Lipinski definition) is 0. The zero-order valence-electron chi connectivity index (χ0n) is 25.4. The highest BCUT2D eigenvalue weighted by atomic mass is 16.6. The standard InChI is InChI=1S/C42H33NO3/c1-4-10-28(11-5-1)22-31-16-19-37-34(25-31)40-43-41(44-37)36-27-33(24-30-14-8-3-9-15-30)18-21-39(36)46-42(43)35-26-32(17-20-38(35)45-40)23-29-12-6-2-7-13-29/h1-21,25-27,40-42H,22-24H2/t40-,41-,42+/m1/s1. The van der Waals surface area contributed by atoms with E-state index in [9.17, 15) is 0 Å². The molecular formula is C42H33NO3. The van der Waals surface area contributed by atoms with E-state index in [1.165, 1.54) is 33.4 Å². The summed E-state index contributed by atoms with van der Waals surface area (Å²) >= 11 is 0. The number of nitrogens with zero attached hydrogens (tertiary/aromatic N) is 1. The number of hydrogen-bond acceptors (Lipinski definition) is 4. The summed E-state index contributed by atoms with van der Waals surface area (Å²) in [6, 6.07) is 51.4. The lowest BCUT2D eigenvalue weighted by atomic mass is 9.94. The SMILES string of the molecule is c1ccc(Cc2ccc3c(c2)[C@H]2Oc4ccc(Cc5ccccc5)cc4[C@H]4Oc5ccc(Cc6ccccc6)cc5[C@H](O3)N24)cc1. The van der Waals surface area contributed by atoms with Crippen LogP contribution in [0.2, 0.25) is 0 Å². The first-order valence-corrected chi connectivity index (χ1v) is 16.0. The topological polar surface area (TPSA) is 30.9 Å². The zero-order chi connectivity index (χ0) is 30.5. The smallest absolute Gasteiger partial charge is 0.188 e. The maximum absolute atomic E-state index is 6.92. The molecule has 3 aliphatic heterocycles. The summed E-state index contributed by atoms with van der Waals surface area (Å²) in [5.41, 5.74) is 10.6. The van der Waals surface area contributed by atoms with Gasteiger partial charge >= 0.3 is 0 Å². The molecule has 9 rings (SSSR count). The molecule has 46 heavy (non-hydrogen) atoms. The first-order valence-electron chi connectivity index (χ1n) is 16.0. The maximum Gasteiger partial charge on any atom is 0.188 e. The number of benzene rings is 6. The van der Waals surface area contributed by atoms with Gasteiger partial charge in [-0.25, -0.2) is 0 Å². The van der Waals surface area contributed by atoms with E-state index in [-0.39, 0.29) is 18.7 Å². The van der Waals surface area contributed by atoms with Gasteiger partial charge in [0.15, 0.2) is 18.7 Å². The summed E-state index contributed by atoms with van der Waals surface area (Å²) in [6.45, 7) is 0. The van der Waals surface area contributed by atoms with E-state index in [0.717, 1.165) is 53.2 Å².